The highest BCUT2D eigenvalue weighted by atomic mass is 16.5. The van der Waals surface area contributed by atoms with E-state index < -0.39 is 0 Å². The summed E-state index contributed by atoms with van der Waals surface area (Å²) < 4.78 is 11.9. The number of hydrogen-bond acceptors (Lipinski definition) is 3. The molecular weight excluding hydrogens is 514 g/mol. The number of nitrogens with zero attached hydrogens (tertiary/aromatic N) is 1. The normalized spacial score (nSPS) is 15.1. The Labute approximate surface area is 266 Å². The van der Waals surface area contributed by atoms with E-state index in [0.29, 0.717) is 6.10 Å². The SMILES string of the molecule is CCCCCCCCCCCCCCN(CCCCCCCCCCCCCC)CC(OCCOC)C1CCCCC1. The second-order valence-corrected chi connectivity index (χ2v) is 13.9. The first-order valence-corrected chi connectivity index (χ1v) is 19.6. The number of methoxy groups -OCH3 is 1. The molecule has 0 aromatic heterocycles. The highest BCUT2D eigenvalue weighted by Crippen LogP contribution is 2.29. The maximum Gasteiger partial charge on any atom is 0.0731 e. The van der Waals surface area contributed by atoms with Gasteiger partial charge in [-0.15, -0.1) is 0 Å². The standard InChI is InChI=1S/C39H79NO2/c1-4-6-8-10-12-14-16-18-20-22-24-29-33-40(34-30-25-23-21-19-17-15-13-11-9-7-5-2)37-39(42-36-35-41-3)38-31-27-26-28-32-38/h38-39H,4-37H2,1-3H3. The van der Waals surface area contributed by atoms with Crippen LogP contribution in [0.1, 0.15) is 200 Å². The van der Waals surface area contributed by atoms with Gasteiger partial charge in [0.25, 0.3) is 0 Å². The van der Waals surface area contributed by atoms with Gasteiger partial charge < -0.3 is 14.4 Å². The van der Waals surface area contributed by atoms with Gasteiger partial charge in [-0.1, -0.05) is 174 Å². The third-order valence-corrected chi connectivity index (χ3v) is 9.89. The lowest BCUT2D eigenvalue weighted by molar-refractivity contribution is -0.0387. The van der Waals surface area contributed by atoms with Crippen molar-refractivity contribution < 1.29 is 9.47 Å². The topological polar surface area (TPSA) is 21.7 Å². The lowest BCUT2D eigenvalue weighted by atomic mass is 9.85. The average Bonchev–Trinajstić information content (AvgIpc) is 3.01. The Morgan fingerprint density at radius 3 is 1.26 bits per heavy atom. The predicted molar refractivity (Wildman–Crippen MR) is 187 cm³/mol. The van der Waals surface area contributed by atoms with Crippen molar-refractivity contribution in [3.05, 3.63) is 0 Å². The van der Waals surface area contributed by atoms with Gasteiger partial charge in [-0.25, -0.2) is 0 Å². The van der Waals surface area contributed by atoms with Gasteiger partial charge in [-0.3, -0.25) is 0 Å². The van der Waals surface area contributed by atoms with E-state index in [4.69, 9.17) is 9.47 Å². The molecule has 0 aromatic carbocycles. The van der Waals surface area contributed by atoms with Gasteiger partial charge >= 0.3 is 0 Å². The molecule has 1 aliphatic rings. The molecule has 0 spiro atoms. The molecule has 0 heterocycles. The zero-order valence-corrected chi connectivity index (χ0v) is 29.5. The Morgan fingerprint density at radius 1 is 0.500 bits per heavy atom. The molecule has 1 rings (SSSR count). The first kappa shape index (κ1) is 39.9. The lowest BCUT2D eigenvalue weighted by Crippen LogP contribution is -2.40. The minimum absolute atomic E-state index is 0.398. The van der Waals surface area contributed by atoms with Crippen LogP contribution in [-0.4, -0.2) is 51.0 Å². The van der Waals surface area contributed by atoms with Gasteiger partial charge in [0.15, 0.2) is 0 Å². The second-order valence-electron chi connectivity index (χ2n) is 13.9. The van der Waals surface area contributed by atoms with E-state index >= 15 is 0 Å². The summed E-state index contributed by atoms with van der Waals surface area (Å²) in [6.07, 6.45) is 41.7. The largest absolute Gasteiger partial charge is 0.382 e. The highest BCUT2D eigenvalue weighted by molar-refractivity contribution is 4.78. The van der Waals surface area contributed by atoms with Gasteiger partial charge in [0, 0.05) is 13.7 Å². The molecule has 252 valence electrons. The van der Waals surface area contributed by atoms with E-state index in [0.717, 1.165) is 25.7 Å². The van der Waals surface area contributed by atoms with Crippen molar-refractivity contribution in [2.24, 2.45) is 5.92 Å². The number of unbranched alkanes of at least 4 members (excludes halogenated alkanes) is 22. The molecule has 0 radical (unpaired) electrons. The lowest BCUT2D eigenvalue weighted by Gasteiger charge is -2.34. The number of ether oxygens (including phenoxy) is 2. The van der Waals surface area contributed by atoms with Crippen LogP contribution in [0.15, 0.2) is 0 Å². The van der Waals surface area contributed by atoms with Gasteiger partial charge in [0.05, 0.1) is 19.3 Å². The molecule has 3 nitrogen and oxygen atoms in total. The van der Waals surface area contributed by atoms with E-state index in [9.17, 15) is 0 Å². The number of hydrogen-bond donors (Lipinski definition) is 0. The van der Waals surface area contributed by atoms with Gasteiger partial charge in [-0.2, -0.15) is 0 Å². The Morgan fingerprint density at radius 2 is 0.881 bits per heavy atom. The fraction of sp³-hybridized carbons (Fsp3) is 1.00. The fourth-order valence-corrected chi connectivity index (χ4v) is 7.03. The van der Waals surface area contributed by atoms with Crippen molar-refractivity contribution in [3.8, 4) is 0 Å². The summed E-state index contributed by atoms with van der Waals surface area (Å²) in [5.74, 6) is 0.752. The third kappa shape index (κ3) is 25.2. The van der Waals surface area contributed by atoms with Crippen molar-refractivity contribution in [1.29, 1.82) is 0 Å². The van der Waals surface area contributed by atoms with E-state index in [2.05, 4.69) is 18.7 Å². The molecule has 3 heteroatoms. The summed E-state index contributed by atoms with van der Waals surface area (Å²) in [7, 11) is 1.80. The van der Waals surface area contributed by atoms with Crippen LogP contribution in [0.25, 0.3) is 0 Å². The fourth-order valence-electron chi connectivity index (χ4n) is 7.03. The minimum Gasteiger partial charge on any atom is -0.382 e. The summed E-state index contributed by atoms with van der Waals surface area (Å²) in [5.41, 5.74) is 0. The van der Waals surface area contributed by atoms with E-state index in [1.54, 1.807) is 7.11 Å². The van der Waals surface area contributed by atoms with Crippen LogP contribution in [0.5, 0.6) is 0 Å². The van der Waals surface area contributed by atoms with Crippen LogP contribution in [0.2, 0.25) is 0 Å². The molecule has 1 aliphatic carbocycles. The molecule has 1 saturated carbocycles. The van der Waals surface area contributed by atoms with E-state index in [-0.39, 0.29) is 0 Å². The Kier molecular flexibility index (Phi) is 30.7. The number of rotatable bonds is 33. The van der Waals surface area contributed by atoms with Gasteiger partial charge in [0.1, 0.15) is 0 Å². The van der Waals surface area contributed by atoms with Crippen LogP contribution in [0, 0.1) is 5.92 Å². The Balaban J connectivity index is 2.32. The second kappa shape index (κ2) is 32.3. The molecule has 0 saturated heterocycles. The molecule has 0 aromatic rings. The summed E-state index contributed by atoms with van der Waals surface area (Å²) in [4.78, 5) is 2.80. The van der Waals surface area contributed by atoms with E-state index in [1.165, 1.54) is 199 Å². The van der Waals surface area contributed by atoms with Gasteiger partial charge in [0.2, 0.25) is 0 Å². The van der Waals surface area contributed by atoms with Crippen LogP contribution in [0.4, 0.5) is 0 Å². The van der Waals surface area contributed by atoms with Crippen molar-refractivity contribution in [3.63, 3.8) is 0 Å². The Bertz CT molecular complexity index is 479. The quantitative estimate of drug-likeness (QED) is 0.0706. The maximum absolute atomic E-state index is 6.51. The van der Waals surface area contributed by atoms with Crippen molar-refractivity contribution >= 4 is 0 Å². The predicted octanol–water partition coefficient (Wildman–Crippen LogP) is 12.3. The molecule has 1 fully saturated rings. The van der Waals surface area contributed by atoms with Crippen molar-refractivity contribution in [2.75, 3.05) is 40.0 Å². The molecule has 42 heavy (non-hydrogen) atoms. The first-order valence-electron chi connectivity index (χ1n) is 19.6. The molecule has 0 bridgehead atoms. The molecule has 1 unspecified atom stereocenters. The molecule has 0 N–H and O–H groups in total. The third-order valence-electron chi connectivity index (χ3n) is 9.89. The molecular formula is C39H79NO2. The summed E-state index contributed by atoms with van der Waals surface area (Å²) >= 11 is 0. The minimum atomic E-state index is 0.398. The zero-order chi connectivity index (χ0) is 30.2. The van der Waals surface area contributed by atoms with Crippen molar-refractivity contribution in [2.45, 2.75) is 206 Å². The first-order chi connectivity index (χ1) is 20.8. The summed E-state index contributed by atoms with van der Waals surface area (Å²) in [5, 5.41) is 0. The van der Waals surface area contributed by atoms with Crippen molar-refractivity contribution in [1.82, 2.24) is 4.90 Å². The summed E-state index contributed by atoms with van der Waals surface area (Å²) in [6, 6.07) is 0. The monoisotopic (exact) mass is 594 g/mol. The molecule has 0 aliphatic heterocycles. The molecule has 0 amide bonds. The summed E-state index contributed by atoms with van der Waals surface area (Å²) in [6.45, 7) is 9.78. The van der Waals surface area contributed by atoms with E-state index in [1.807, 2.05) is 0 Å². The van der Waals surface area contributed by atoms with Crippen LogP contribution < -0.4 is 0 Å². The average molecular weight is 594 g/mol. The molecule has 1 atom stereocenters. The van der Waals surface area contributed by atoms with Crippen LogP contribution in [0.3, 0.4) is 0 Å². The van der Waals surface area contributed by atoms with Crippen LogP contribution >= 0.6 is 0 Å². The smallest absolute Gasteiger partial charge is 0.0731 e. The highest BCUT2D eigenvalue weighted by Gasteiger charge is 2.26. The zero-order valence-electron chi connectivity index (χ0n) is 29.5. The van der Waals surface area contributed by atoms with Crippen LogP contribution in [-0.2, 0) is 9.47 Å². The van der Waals surface area contributed by atoms with Gasteiger partial charge in [-0.05, 0) is 44.7 Å². The Hall–Kier alpha value is -0.120. The maximum atomic E-state index is 6.51.